The summed E-state index contributed by atoms with van der Waals surface area (Å²) in [5.74, 6) is -0.820. The van der Waals surface area contributed by atoms with E-state index >= 15 is 0 Å². The predicted octanol–water partition coefficient (Wildman–Crippen LogP) is 2.81. The molecule has 0 aromatic heterocycles. The van der Waals surface area contributed by atoms with Gasteiger partial charge >= 0.3 is 0 Å². The van der Waals surface area contributed by atoms with E-state index in [1.807, 2.05) is 0 Å². The zero-order valence-corrected chi connectivity index (χ0v) is 8.82. The molecular weight excluding hydrogens is 260 g/mol. The molecule has 1 N–H and O–H groups in total. The molecule has 0 fully saturated rings. The third-order valence-electron chi connectivity index (χ3n) is 1.32. The predicted molar refractivity (Wildman–Crippen MR) is 53.8 cm³/mol. The number of hydrogen-bond acceptors (Lipinski definition) is 1. The van der Waals surface area contributed by atoms with E-state index in [0.29, 0.717) is 5.02 Å². The number of amides is 1. The average Bonchev–Trinajstić information content (AvgIpc) is 2.11. The molecule has 2 nitrogen and oxygen atoms in total. The number of alkyl halides is 1. The Kier molecular flexibility index (Phi) is 3.69. The van der Waals surface area contributed by atoms with Crippen molar-refractivity contribution in [2.45, 2.75) is 0 Å². The normalized spacial score (nSPS) is 9.77. The summed E-state index contributed by atoms with van der Waals surface area (Å²) in [4.78, 5) is 10.9. The lowest BCUT2D eigenvalue weighted by molar-refractivity contribution is -0.113. The smallest absolute Gasteiger partial charge is 0.235 e. The van der Waals surface area contributed by atoms with Gasteiger partial charge in [0.05, 0.1) is 11.0 Å². The van der Waals surface area contributed by atoms with Crippen LogP contribution in [0.3, 0.4) is 0 Å². The van der Waals surface area contributed by atoms with E-state index in [9.17, 15) is 9.18 Å². The van der Waals surface area contributed by atoms with Gasteiger partial charge in [0.15, 0.2) is 0 Å². The molecule has 0 saturated heterocycles. The van der Waals surface area contributed by atoms with Crippen molar-refractivity contribution in [2.24, 2.45) is 0 Å². The monoisotopic (exact) mass is 265 g/mol. The van der Waals surface area contributed by atoms with Crippen molar-refractivity contribution in [1.29, 1.82) is 0 Å². The number of halogens is 3. The largest absolute Gasteiger partial charge is 0.323 e. The third kappa shape index (κ3) is 2.97. The zero-order valence-electron chi connectivity index (χ0n) is 6.48. The fourth-order valence-electron chi connectivity index (χ4n) is 0.777. The lowest BCUT2D eigenvalue weighted by atomic mass is 10.3. The lowest BCUT2D eigenvalue weighted by Crippen LogP contribution is -2.13. The molecule has 5 heteroatoms. The van der Waals surface area contributed by atoms with Gasteiger partial charge in [-0.2, -0.15) is 0 Å². The summed E-state index contributed by atoms with van der Waals surface area (Å²) in [6.07, 6.45) is 0. The van der Waals surface area contributed by atoms with Crippen molar-refractivity contribution >= 4 is 39.1 Å². The molecule has 0 radical (unpaired) electrons. The molecule has 0 aliphatic rings. The fraction of sp³-hybridized carbons (Fsp3) is 0.125. The van der Waals surface area contributed by atoms with Crippen molar-refractivity contribution in [3.63, 3.8) is 0 Å². The first-order chi connectivity index (χ1) is 6.13. The Balaban J connectivity index is 2.87. The van der Waals surface area contributed by atoms with E-state index in [4.69, 9.17) is 11.6 Å². The Bertz CT molecular complexity index is 332. The quantitative estimate of drug-likeness (QED) is 0.820. The number of nitrogens with one attached hydrogen (secondary N) is 1. The Morgan fingerprint density at radius 1 is 1.62 bits per heavy atom. The second-order valence-electron chi connectivity index (χ2n) is 2.31. The van der Waals surface area contributed by atoms with E-state index in [0.717, 1.165) is 0 Å². The van der Waals surface area contributed by atoms with Gasteiger partial charge in [-0.15, -0.1) is 0 Å². The van der Waals surface area contributed by atoms with Gasteiger partial charge in [-0.25, -0.2) is 4.39 Å². The van der Waals surface area contributed by atoms with E-state index in [1.54, 1.807) is 0 Å². The summed E-state index contributed by atoms with van der Waals surface area (Å²) < 4.78 is 13.0. The highest BCUT2D eigenvalue weighted by Crippen LogP contribution is 2.19. The molecule has 0 bridgehead atoms. The number of carbonyl (C=O) groups is 1. The molecule has 1 rings (SSSR count). The summed E-state index contributed by atoms with van der Waals surface area (Å²) >= 11 is 8.56. The standard InChI is InChI=1S/C8H6BrClFNO/c9-4-8(13)12-7-3-5(10)1-2-6(7)11/h1-3H,4H2,(H,12,13). The first kappa shape index (κ1) is 10.5. The molecule has 0 atom stereocenters. The van der Waals surface area contributed by atoms with Gasteiger partial charge in [0.2, 0.25) is 5.91 Å². The summed E-state index contributed by atoms with van der Waals surface area (Å²) in [7, 11) is 0. The molecule has 0 aliphatic carbocycles. The third-order valence-corrected chi connectivity index (χ3v) is 2.07. The van der Waals surface area contributed by atoms with Gasteiger partial charge in [-0.05, 0) is 18.2 Å². The zero-order chi connectivity index (χ0) is 9.84. The van der Waals surface area contributed by atoms with Crippen molar-refractivity contribution < 1.29 is 9.18 Å². The molecule has 0 saturated carbocycles. The Labute approximate surface area is 88.2 Å². The van der Waals surface area contributed by atoms with E-state index in [1.165, 1.54) is 18.2 Å². The van der Waals surface area contributed by atoms with Crippen LogP contribution in [0, 0.1) is 5.82 Å². The fourth-order valence-corrected chi connectivity index (χ4v) is 1.09. The van der Waals surface area contributed by atoms with Crippen LogP contribution in [-0.4, -0.2) is 11.2 Å². The molecule has 0 spiro atoms. The van der Waals surface area contributed by atoms with Crippen LogP contribution < -0.4 is 5.32 Å². The van der Waals surface area contributed by atoms with E-state index in [-0.39, 0.29) is 16.9 Å². The van der Waals surface area contributed by atoms with Gasteiger partial charge < -0.3 is 5.32 Å². The van der Waals surface area contributed by atoms with E-state index in [2.05, 4.69) is 21.2 Å². The van der Waals surface area contributed by atoms with Crippen LogP contribution in [0.15, 0.2) is 18.2 Å². The summed E-state index contributed by atoms with van der Waals surface area (Å²) in [6.45, 7) is 0. The molecule has 1 amide bonds. The van der Waals surface area contributed by atoms with Crippen LogP contribution in [0.4, 0.5) is 10.1 Å². The SMILES string of the molecule is O=C(CBr)Nc1cc(Cl)ccc1F. The van der Waals surface area contributed by atoms with Gasteiger partial charge in [0, 0.05) is 5.02 Å². The highest BCUT2D eigenvalue weighted by Gasteiger charge is 2.05. The van der Waals surface area contributed by atoms with Crippen LogP contribution in [0.1, 0.15) is 0 Å². The second-order valence-corrected chi connectivity index (χ2v) is 3.30. The first-order valence-corrected chi connectivity index (χ1v) is 4.94. The maximum atomic E-state index is 13.0. The van der Waals surface area contributed by atoms with Crippen LogP contribution in [-0.2, 0) is 4.79 Å². The lowest BCUT2D eigenvalue weighted by Gasteiger charge is -2.04. The van der Waals surface area contributed by atoms with Gasteiger partial charge in [-0.3, -0.25) is 4.79 Å². The maximum absolute atomic E-state index is 13.0. The average molecular weight is 266 g/mol. The second kappa shape index (κ2) is 4.58. The molecule has 13 heavy (non-hydrogen) atoms. The summed E-state index contributed by atoms with van der Waals surface area (Å²) in [5, 5.41) is 2.86. The summed E-state index contributed by atoms with van der Waals surface area (Å²) in [5.41, 5.74) is 0.0944. The molecule has 70 valence electrons. The molecule has 0 unspecified atom stereocenters. The van der Waals surface area contributed by atoms with Gasteiger partial charge in [0.1, 0.15) is 5.82 Å². The van der Waals surface area contributed by atoms with Crippen LogP contribution in [0.25, 0.3) is 0 Å². The van der Waals surface area contributed by atoms with Crippen molar-refractivity contribution in [1.82, 2.24) is 0 Å². The molecular formula is C8H6BrClFNO. The summed E-state index contributed by atoms with van der Waals surface area (Å²) in [6, 6.07) is 3.98. The highest BCUT2D eigenvalue weighted by atomic mass is 79.9. The molecule has 0 heterocycles. The minimum Gasteiger partial charge on any atom is -0.323 e. The number of benzene rings is 1. The van der Waals surface area contributed by atoms with Crippen molar-refractivity contribution in [2.75, 3.05) is 10.6 Å². The van der Waals surface area contributed by atoms with Crippen molar-refractivity contribution in [3.05, 3.63) is 29.0 Å². The van der Waals surface area contributed by atoms with Gasteiger partial charge in [-0.1, -0.05) is 27.5 Å². The van der Waals surface area contributed by atoms with Crippen LogP contribution in [0.2, 0.25) is 5.02 Å². The maximum Gasteiger partial charge on any atom is 0.235 e. The van der Waals surface area contributed by atoms with Crippen LogP contribution in [0.5, 0.6) is 0 Å². The van der Waals surface area contributed by atoms with Gasteiger partial charge in [0.25, 0.3) is 0 Å². The first-order valence-electron chi connectivity index (χ1n) is 3.44. The van der Waals surface area contributed by atoms with E-state index < -0.39 is 5.82 Å². The topological polar surface area (TPSA) is 29.1 Å². The molecule has 0 aliphatic heterocycles. The minimum absolute atomic E-state index is 0.0944. The van der Waals surface area contributed by atoms with Crippen LogP contribution >= 0.6 is 27.5 Å². The molecule has 1 aromatic carbocycles. The Morgan fingerprint density at radius 3 is 2.92 bits per heavy atom. The molecule has 1 aromatic rings. The number of anilines is 1. The Hall–Kier alpha value is -0.610. The number of rotatable bonds is 2. The minimum atomic E-state index is -0.501. The number of carbonyl (C=O) groups excluding carboxylic acids is 1. The highest BCUT2D eigenvalue weighted by molar-refractivity contribution is 9.09. The Morgan fingerprint density at radius 2 is 2.31 bits per heavy atom. The number of hydrogen-bond donors (Lipinski definition) is 1. The van der Waals surface area contributed by atoms with Crippen molar-refractivity contribution in [3.8, 4) is 0 Å².